The molecule has 8 heteroatoms. The fourth-order valence-corrected chi connectivity index (χ4v) is 1.12. The first-order valence-corrected chi connectivity index (χ1v) is 5.38. The van der Waals surface area contributed by atoms with Crippen molar-refractivity contribution >= 4 is 18.0 Å². The van der Waals surface area contributed by atoms with Gasteiger partial charge in [-0.15, -0.1) is 0 Å². The van der Waals surface area contributed by atoms with E-state index in [4.69, 9.17) is 15.3 Å². The Hall–Kier alpha value is -1.83. The van der Waals surface area contributed by atoms with Gasteiger partial charge in [0.25, 0.3) is 0 Å². The Morgan fingerprint density at radius 2 is 1.83 bits per heavy atom. The molecule has 0 saturated carbocycles. The summed E-state index contributed by atoms with van der Waals surface area (Å²) in [6.07, 6.45) is -0.916. The summed E-state index contributed by atoms with van der Waals surface area (Å²) in [6.45, 7) is 1.80. The molecule has 0 radical (unpaired) electrons. The van der Waals surface area contributed by atoms with Crippen molar-refractivity contribution in [3.8, 4) is 0 Å². The van der Waals surface area contributed by atoms with Gasteiger partial charge in [-0.3, -0.25) is 4.79 Å². The molecule has 18 heavy (non-hydrogen) atoms. The zero-order valence-corrected chi connectivity index (χ0v) is 10.3. The number of carbonyl (C=O) groups is 3. The summed E-state index contributed by atoms with van der Waals surface area (Å²) < 4.78 is 0. The minimum absolute atomic E-state index is 0.239. The molecule has 0 fully saturated rings. The standard InChI is InChI=1S/C10H18N2O6/c1-6(13)3-4-12(2)10(18)11-7(9(16)17)5-8(14)15/h6-7,13H,3-5H2,1-2H3,(H,11,18)(H,14,15)(H,16,17)/t6?,7-/m1/s1. The van der Waals surface area contributed by atoms with Crippen LogP contribution in [-0.2, 0) is 9.59 Å². The normalized spacial score (nSPS) is 13.5. The highest BCUT2D eigenvalue weighted by Crippen LogP contribution is 1.97. The Kier molecular flexibility index (Phi) is 6.73. The molecule has 104 valence electrons. The number of amides is 2. The van der Waals surface area contributed by atoms with Crippen LogP contribution in [0.5, 0.6) is 0 Å². The van der Waals surface area contributed by atoms with Crippen molar-refractivity contribution in [2.75, 3.05) is 13.6 Å². The Balaban J connectivity index is 4.32. The largest absolute Gasteiger partial charge is 0.481 e. The molecule has 0 aliphatic rings. The predicted octanol–water partition coefficient (Wildman–Crippen LogP) is -0.673. The zero-order valence-electron chi connectivity index (χ0n) is 10.3. The molecule has 0 aliphatic carbocycles. The second-order valence-corrected chi connectivity index (χ2v) is 4.00. The van der Waals surface area contributed by atoms with E-state index in [0.29, 0.717) is 6.42 Å². The number of urea groups is 1. The summed E-state index contributed by atoms with van der Waals surface area (Å²) in [7, 11) is 1.43. The van der Waals surface area contributed by atoms with E-state index in [-0.39, 0.29) is 6.54 Å². The van der Waals surface area contributed by atoms with E-state index in [2.05, 4.69) is 5.32 Å². The third-order valence-corrected chi connectivity index (χ3v) is 2.20. The highest BCUT2D eigenvalue weighted by molar-refractivity contribution is 5.86. The minimum atomic E-state index is -1.47. The van der Waals surface area contributed by atoms with Gasteiger partial charge in [0.2, 0.25) is 0 Å². The number of hydrogen-bond donors (Lipinski definition) is 4. The molecule has 0 aliphatic heterocycles. The van der Waals surface area contributed by atoms with Crippen molar-refractivity contribution in [2.24, 2.45) is 0 Å². The van der Waals surface area contributed by atoms with Crippen LogP contribution in [0.3, 0.4) is 0 Å². The lowest BCUT2D eigenvalue weighted by Gasteiger charge is -2.21. The molecular formula is C10H18N2O6. The second-order valence-electron chi connectivity index (χ2n) is 4.00. The summed E-state index contributed by atoms with van der Waals surface area (Å²) in [5.74, 6) is -2.72. The first-order valence-electron chi connectivity index (χ1n) is 5.38. The van der Waals surface area contributed by atoms with Crippen LogP contribution in [0.25, 0.3) is 0 Å². The van der Waals surface area contributed by atoms with E-state index in [1.54, 1.807) is 6.92 Å². The number of nitrogens with zero attached hydrogens (tertiary/aromatic N) is 1. The molecule has 4 N–H and O–H groups in total. The van der Waals surface area contributed by atoms with Gasteiger partial charge >= 0.3 is 18.0 Å². The molecule has 0 aromatic heterocycles. The van der Waals surface area contributed by atoms with Gasteiger partial charge in [-0.05, 0) is 13.3 Å². The first kappa shape index (κ1) is 16.2. The van der Waals surface area contributed by atoms with E-state index in [1.165, 1.54) is 11.9 Å². The number of nitrogens with one attached hydrogen (secondary N) is 1. The Morgan fingerprint density at radius 1 is 1.28 bits per heavy atom. The van der Waals surface area contributed by atoms with Crippen LogP contribution >= 0.6 is 0 Å². The van der Waals surface area contributed by atoms with Gasteiger partial charge in [0.1, 0.15) is 6.04 Å². The van der Waals surface area contributed by atoms with Crippen LogP contribution in [0, 0.1) is 0 Å². The van der Waals surface area contributed by atoms with Gasteiger partial charge in [0.15, 0.2) is 0 Å². The molecule has 8 nitrogen and oxygen atoms in total. The summed E-state index contributed by atoms with van der Waals surface area (Å²) in [4.78, 5) is 33.9. The fraction of sp³-hybridized carbons (Fsp3) is 0.700. The van der Waals surface area contributed by atoms with Crippen LogP contribution in [0.1, 0.15) is 19.8 Å². The summed E-state index contributed by atoms with van der Waals surface area (Å²) in [5.41, 5.74) is 0. The van der Waals surface area contributed by atoms with Crippen LogP contribution in [0.4, 0.5) is 4.79 Å². The minimum Gasteiger partial charge on any atom is -0.481 e. The van der Waals surface area contributed by atoms with E-state index in [0.717, 1.165) is 0 Å². The summed E-state index contributed by atoms with van der Waals surface area (Å²) >= 11 is 0. The van der Waals surface area contributed by atoms with E-state index >= 15 is 0 Å². The van der Waals surface area contributed by atoms with Crippen molar-refractivity contribution in [1.29, 1.82) is 0 Å². The fourth-order valence-electron chi connectivity index (χ4n) is 1.12. The van der Waals surface area contributed by atoms with Crippen molar-refractivity contribution in [1.82, 2.24) is 10.2 Å². The van der Waals surface area contributed by atoms with Gasteiger partial charge in [-0.2, -0.15) is 0 Å². The van der Waals surface area contributed by atoms with Gasteiger partial charge < -0.3 is 25.5 Å². The quantitative estimate of drug-likeness (QED) is 0.481. The Labute approximate surface area is 104 Å². The lowest BCUT2D eigenvalue weighted by atomic mass is 10.2. The molecule has 0 spiro atoms. The summed E-state index contributed by atoms with van der Waals surface area (Å²) in [6, 6.07) is -2.16. The van der Waals surface area contributed by atoms with E-state index < -0.39 is 36.5 Å². The maximum absolute atomic E-state index is 11.5. The molecular weight excluding hydrogens is 244 g/mol. The maximum atomic E-state index is 11.5. The SMILES string of the molecule is CC(O)CCN(C)C(=O)N[C@H](CC(=O)O)C(=O)O. The number of aliphatic hydroxyl groups excluding tert-OH is 1. The third kappa shape index (κ3) is 6.69. The van der Waals surface area contributed by atoms with Crippen LogP contribution < -0.4 is 5.32 Å². The third-order valence-electron chi connectivity index (χ3n) is 2.20. The van der Waals surface area contributed by atoms with Crippen molar-refractivity contribution in [2.45, 2.75) is 31.9 Å². The number of hydrogen-bond acceptors (Lipinski definition) is 4. The average Bonchev–Trinajstić information content (AvgIpc) is 2.23. The molecule has 0 rings (SSSR count). The topological polar surface area (TPSA) is 127 Å². The molecule has 1 unspecified atom stereocenters. The lowest BCUT2D eigenvalue weighted by molar-refractivity contribution is -0.145. The van der Waals surface area contributed by atoms with E-state index in [9.17, 15) is 14.4 Å². The first-order chi connectivity index (χ1) is 8.23. The number of rotatable bonds is 7. The smallest absolute Gasteiger partial charge is 0.326 e. The summed E-state index contributed by atoms with van der Waals surface area (Å²) in [5, 5.41) is 28.4. The lowest BCUT2D eigenvalue weighted by Crippen LogP contribution is -2.48. The van der Waals surface area contributed by atoms with Crippen molar-refractivity contribution in [3.05, 3.63) is 0 Å². The van der Waals surface area contributed by atoms with Crippen LogP contribution in [0.15, 0.2) is 0 Å². The Morgan fingerprint density at radius 3 is 2.22 bits per heavy atom. The maximum Gasteiger partial charge on any atom is 0.326 e. The number of aliphatic hydroxyl groups is 1. The number of aliphatic carboxylic acids is 2. The molecule has 0 aromatic carbocycles. The molecule has 2 amide bonds. The van der Waals surface area contributed by atoms with Crippen LogP contribution in [-0.4, -0.2) is 63.9 Å². The number of carboxylic acids is 2. The van der Waals surface area contributed by atoms with Gasteiger partial charge in [-0.25, -0.2) is 9.59 Å². The Bertz CT molecular complexity index is 317. The monoisotopic (exact) mass is 262 g/mol. The molecule has 0 heterocycles. The van der Waals surface area contributed by atoms with Crippen molar-refractivity contribution in [3.63, 3.8) is 0 Å². The van der Waals surface area contributed by atoms with Crippen LogP contribution in [0.2, 0.25) is 0 Å². The van der Waals surface area contributed by atoms with Gasteiger partial charge in [0.05, 0.1) is 12.5 Å². The number of carbonyl (C=O) groups excluding carboxylic acids is 1. The molecule has 0 saturated heterocycles. The highest BCUT2D eigenvalue weighted by atomic mass is 16.4. The van der Waals surface area contributed by atoms with Crippen molar-refractivity contribution < 1.29 is 29.7 Å². The highest BCUT2D eigenvalue weighted by Gasteiger charge is 2.24. The van der Waals surface area contributed by atoms with Gasteiger partial charge in [-0.1, -0.05) is 0 Å². The molecule has 0 bridgehead atoms. The second kappa shape index (κ2) is 7.49. The number of carboxylic acid groups (broad SMARTS) is 2. The zero-order chi connectivity index (χ0) is 14.3. The van der Waals surface area contributed by atoms with Gasteiger partial charge in [0, 0.05) is 13.6 Å². The molecule has 0 aromatic rings. The predicted molar refractivity (Wildman–Crippen MR) is 61.1 cm³/mol. The average molecular weight is 262 g/mol. The molecule has 2 atom stereocenters. The van der Waals surface area contributed by atoms with E-state index in [1.807, 2.05) is 0 Å².